The standard InChI is InChI=1S/C12H18ClNO4S2/c1-4-10(2)9-14(3)20(17,18)12-8-6-5-7-11(12)19(13,15)16/h5-8,10H,4,9H2,1-3H3. The van der Waals surface area contributed by atoms with Gasteiger partial charge < -0.3 is 0 Å². The van der Waals surface area contributed by atoms with Crippen LogP contribution in [0.3, 0.4) is 0 Å². The molecule has 0 aromatic heterocycles. The van der Waals surface area contributed by atoms with Gasteiger partial charge in [-0.05, 0) is 18.1 Å². The third kappa shape index (κ3) is 3.94. The van der Waals surface area contributed by atoms with Crippen molar-refractivity contribution in [2.75, 3.05) is 13.6 Å². The lowest BCUT2D eigenvalue weighted by atomic mass is 10.1. The van der Waals surface area contributed by atoms with Gasteiger partial charge in [-0.15, -0.1) is 0 Å². The molecule has 1 aromatic rings. The molecule has 1 aromatic carbocycles. The fourth-order valence-electron chi connectivity index (χ4n) is 1.70. The second-order valence-electron chi connectivity index (χ2n) is 4.68. The molecule has 0 radical (unpaired) electrons. The van der Waals surface area contributed by atoms with E-state index < -0.39 is 24.0 Å². The van der Waals surface area contributed by atoms with Crippen molar-refractivity contribution >= 4 is 29.8 Å². The van der Waals surface area contributed by atoms with E-state index in [9.17, 15) is 16.8 Å². The Bertz CT molecular complexity index is 670. The van der Waals surface area contributed by atoms with Crippen molar-refractivity contribution in [3.05, 3.63) is 24.3 Å². The Morgan fingerprint density at radius 1 is 1.15 bits per heavy atom. The Kier molecular flexibility index (Phi) is 5.60. The first-order valence-electron chi connectivity index (χ1n) is 6.10. The fourth-order valence-corrected chi connectivity index (χ4v) is 4.79. The fraction of sp³-hybridized carbons (Fsp3) is 0.500. The molecule has 0 spiro atoms. The molecule has 1 unspecified atom stereocenters. The summed E-state index contributed by atoms with van der Waals surface area (Å²) in [4.78, 5) is -0.682. The molecule has 0 aliphatic rings. The lowest BCUT2D eigenvalue weighted by molar-refractivity contribution is 0.393. The lowest BCUT2D eigenvalue weighted by Crippen LogP contribution is -2.31. The van der Waals surface area contributed by atoms with Crippen LogP contribution in [0.25, 0.3) is 0 Å². The molecule has 0 aliphatic heterocycles. The van der Waals surface area contributed by atoms with Gasteiger partial charge in [0.05, 0.1) is 0 Å². The number of halogens is 1. The van der Waals surface area contributed by atoms with Crippen LogP contribution in [0.15, 0.2) is 34.1 Å². The van der Waals surface area contributed by atoms with Crippen molar-refractivity contribution < 1.29 is 16.8 Å². The largest absolute Gasteiger partial charge is 0.262 e. The van der Waals surface area contributed by atoms with Crippen LogP contribution in [-0.2, 0) is 19.1 Å². The summed E-state index contributed by atoms with van der Waals surface area (Å²) in [7, 11) is -1.28. The summed E-state index contributed by atoms with van der Waals surface area (Å²) < 4.78 is 49.0. The van der Waals surface area contributed by atoms with Gasteiger partial charge in [0.15, 0.2) is 0 Å². The maximum absolute atomic E-state index is 12.5. The van der Waals surface area contributed by atoms with Crippen molar-refractivity contribution in [1.29, 1.82) is 0 Å². The number of hydrogen-bond donors (Lipinski definition) is 0. The van der Waals surface area contributed by atoms with E-state index in [1.165, 1.54) is 31.3 Å². The summed E-state index contributed by atoms with van der Waals surface area (Å²) in [6.45, 7) is 4.20. The molecule has 1 rings (SSSR count). The van der Waals surface area contributed by atoms with Gasteiger partial charge in [-0.2, -0.15) is 0 Å². The molecular formula is C12H18ClNO4S2. The lowest BCUT2D eigenvalue weighted by Gasteiger charge is -2.21. The SMILES string of the molecule is CCC(C)CN(C)S(=O)(=O)c1ccccc1S(=O)(=O)Cl. The third-order valence-electron chi connectivity index (χ3n) is 3.07. The van der Waals surface area contributed by atoms with Crippen LogP contribution < -0.4 is 0 Å². The molecule has 0 bridgehead atoms. The zero-order valence-corrected chi connectivity index (χ0v) is 14.0. The van der Waals surface area contributed by atoms with Gasteiger partial charge in [-0.25, -0.2) is 21.1 Å². The van der Waals surface area contributed by atoms with Crippen LogP contribution in [0.1, 0.15) is 20.3 Å². The quantitative estimate of drug-likeness (QED) is 0.745. The van der Waals surface area contributed by atoms with E-state index in [2.05, 4.69) is 0 Å². The van der Waals surface area contributed by atoms with Gasteiger partial charge >= 0.3 is 0 Å². The number of hydrogen-bond acceptors (Lipinski definition) is 4. The monoisotopic (exact) mass is 339 g/mol. The van der Waals surface area contributed by atoms with Crippen LogP contribution in [0.4, 0.5) is 0 Å². The summed E-state index contributed by atoms with van der Waals surface area (Å²) in [6, 6.07) is 5.34. The molecule has 0 saturated carbocycles. The molecule has 8 heteroatoms. The zero-order valence-electron chi connectivity index (χ0n) is 11.6. The first-order chi connectivity index (χ1) is 9.10. The predicted octanol–water partition coefficient (Wildman–Crippen LogP) is 2.28. The Balaban J connectivity index is 3.30. The third-order valence-corrected chi connectivity index (χ3v) is 6.46. The second kappa shape index (κ2) is 6.43. The van der Waals surface area contributed by atoms with Crippen LogP contribution >= 0.6 is 10.7 Å². The maximum atomic E-state index is 12.5. The van der Waals surface area contributed by atoms with Gasteiger partial charge in [0, 0.05) is 24.3 Å². The average Bonchev–Trinajstić information content (AvgIpc) is 2.37. The van der Waals surface area contributed by atoms with Crippen LogP contribution in [0.2, 0.25) is 0 Å². The van der Waals surface area contributed by atoms with Crippen molar-refractivity contribution in [3.63, 3.8) is 0 Å². The van der Waals surface area contributed by atoms with Crippen molar-refractivity contribution in [2.24, 2.45) is 5.92 Å². The van der Waals surface area contributed by atoms with Gasteiger partial charge in [-0.1, -0.05) is 32.4 Å². The van der Waals surface area contributed by atoms with Gasteiger partial charge in [0.25, 0.3) is 9.05 Å². The number of rotatable bonds is 6. The van der Waals surface area contributed by atoms with Crippen molar-refractivity contribution in [1.82, 2.24) is 4.31 Å². The molecule has 0 amide bonds. The van der Waals surface area contributed by atoms with Crippen LogP contribution in [0, 0.1) is 5.92 Å². The summed E-state index contributed by atoms with van der Waals surface area (Å²) >= 11 is 0. The van der Waals surface area contributed by atoms with E-state index >= 15 is 0 Å². The van der Waals surface area contributed by atoms with E-state index in [1.807, 2.05) is 13.8 Å². The predicted molar refractivity (Wildman–Crippen MR) is 78.8 cm³/mol. The number of sulfonamides is 1. The van der Waals surface area contributed by atoms with Crippen molar-refractivity contribution in [3.8, 4) is 0 Å². The molecule has 0 heterocycles. The van der Waals surface area contributed by atoms with E-state index in [0.29, 0.717) is 6.54 Å². The molecule has 0 aliphatic carbocycles. The molecule has 1 atom stereocenters. The van der Waals surface area contributed by atoms with Crippen molar-refractivity contribution in [2.45, 2.75) is 30.1 Å². The number of benzene rings is 1. The molecule has 20 heavy (non-hydrogen) atoms. The van der Waals surface area contributed by atoms with Crippen LogP contribution in [0.5, 0.6) is 0 Å². The average molecular weight is 340 g/mol. The van der Waals surface area contributed by atoms with E-state index in [0.717, 1.165) is 10.7 Å². The first kappa shape index (κ1) is 17.4. The maximum Gasteiger partial charge on any atom is 0.262 e. The molecule has 114 valence electrons. The summed E-state index contributed by atoms with van der Waals surface area (Å²) in [5.74, 6) is 0.176. The minimum atomic E-state index is -4.12. The molecule has 0 saturated heterocycles. The highest BCUT2D eigenvalue weighted by Gasteiger charge is 2.28. The van der Waals surface area contributed by atoms with Crippen LogP contribution in [-0.4, -0.2) is 34.7 Å². The van der Waals surface area contributed by atoms with E-state index in [1.54, 1.807) is 0 Å². The molecular weight excluding hydrogens is 322 g/mol. The Labute approximate surface area is 125 Å². The smallest absolute Gasteiger partial charge is 0.207 e. The normalized spacial score (nSPS) is 14.4. The minimum absolute atomic E-state index is 0.176. The van der Waals surface area contributed by atoms with E-state index in [-0.39, 0.29) is 10.8 Å². The summed E-state index contributed by atoms with van der Waals surface area (Å²) in [6.07, 6.45) is 0.829. The Morgan fingerprint density at radius 2 is 1.65 bits per heavy atom. The minimum Gasteiger partial charge on any atom is -0.207 e. The number of nitrogens with zero attached hydrogens (tertiary/aromatic N) is 1. The van der Waals surface area contributed by atoms with Gasteiger partial charge in [0.2, 0.25) is 10.0 Å². The highest BCUT2D eigenvalue weighted by molar-refractivity contribution is 8.14. The second-order valence-corrected chi connectivity index (χ2v) is 9.23. The highest BCUT2D eigenvalue weighted by Crippen LogP contribution is 2.26. The molecule has 0 fully saturated rings. The molecule has 0 N–H and O–H groups in total. The van der Waals surface area contributed by atoms with Gasteiger partial charge in [-0.3, -0.25) is 0 Å². The summed E-state index contributed by atoms with van der Waals surface area (Å²) in [5.41, 5.74) is 0. The first-order valence-corrected chi connectivity index (χ1v) is 9.85. The Morgan fingerprint density at radius 3 is 2.10 bits per heavy atom. The van der Waals surface area contributed by atoms with Gasteiger partial charge in [0.1, 0.15) is 9.79 Å². The molecule has 5 nitrogen and oxygen atoms in total. The highest BCUT2D eigenvalue weighted by atomic mass is 35.7. The van der Waals surface area contributed by atoms with E-state index in [4.69, 9.17) is 10.7 Å². The summed E-state index contributed by atoms with van der Waals surface area (Å²) in [5, 5.41) is 0. The zero-order chi connectivity index (χ0) is 15.6. The Hall–Kier alpha value is -0.630. The topological polar surface area (TPSA) is 71.5 Å².